The molecule has 6 heteroatoms. The van der Waals surface area contributed by atoms with Gasteiger partial charge in [-0.2, -0.15) is 0 Å². The Balaban J connectivity index is 1.88. The molecular weight excluding hydrogens is 394 g/mol. The summed E-state index contributed by atoms with van der Waals surface area (Å²) in [6, 6.07) is 21.8. The number of hydrogen-bond donors (Lipinski definition) is 1. The molecule has 156 valence electrons. The van der Waals surface area contributed by atoms with Gasteiger partial charge in [0, 0.05) is 12.1 Å². The lowest BCUT2D eigenvalue weighted by Crippen LogP contribution is -2.15. The average Bonchev–Trinajstić information content (AvgIpc) is 2.82. The van der Waals surface area contributed by atoms with Crippen molar-refractivity contribution in [2.75, 3.05) is 12.4 Å². The molecule has 0 saturated heterocycles. The first kappa shape index (κ1) is 21.5. The highest BCUT2D eigenvalue weighted by molar-refractivity contribution is 6.08. The van der Waals surface area contributed by atoms with Crippen LogP contribution in [0.5, 0.6) is 11.5 Å². The van der Waals surface area contributed by atoms with E-state index in [4.69, 9.17) is 20.6 Å². The van der Waals surface area contributed by atoms with E-state index in [0.717, 1.165) is 11.1 Å². The third-order valence-corrected chi connectivity index (χ3v) is 4.35. The zero-order valence-electron chi connectivity index (χ0n) is 17.0. The number of anilines is 1. The maximum absolute atomic E-state index is 12.8. The Morgan fingerprint density at radius 2 is 1.52 bits per heavy atom. The van der Waals surface area contributed by atoms with E-state index in [2.05, 4.69) is 5.32 Å². The van der Waals surface area contributed by atoms with Crippen LogP contribution in [0.3, 0.4) is 0 Å². The predicted molar refractivity (Wildman–Crippen MR) is 117 cm³/mol. The number of methoxy groups -OCH3 is 1. The van der Waals surface area contributed by atoms with E-state index in [1.807, 2.05) is 66.6 Å². The van der Waals surface area contributed by atoms with Crippen LogP contribution in [0, 0.1) is 12.3 Å². The average molecular weight is 415 g/mol. The second kappa shape index (κ2) is 10.5. The molecule has 0 heterocycles. The molecule has 31 heavy (non-hydrogen) atoms. The summed E-state index contributed by atoms with van der Waals surface area (Å²) in [6.07, 6.45) is 5.16. The highest BCUT2D eigenvalue weighted by atomic mass is 16.5. The van der Waals surface area contributed by atoms with E-state index in [9.17, 15) is 9.59 Å². The summed E-state index contributed by atoms with van der Waals surface area (Å²) in [5.41, 5.74) is 2.05. The van der Waals surface area contributed by atoms with Crippen molar-refractivity contribution >= 4 is 17.6 Å². The van der Waals surface area contributed by atoms with Crippen molar-refractivity contribution in [3.63, 3.8) is 0 Å². The molecular formula is C25H21NO5. The molecule has 0 atom stereocenters. The van der Waals surface area contributed by atoms with E-state index in [-0.39, 0.29) is 24.5 Å². The molecule has 0 radical (unpaired) electrons. The van der Waals surface area contributed by atoms with Crippen LogP contribution in [0.4, 0.5) is 5.69 Å². The summed E-state index contributed by atoms with van der Waals surface area (Å²) in [5.74, 6) is 1.30. The second-order valence-electron chi connectivity index (χ2n) is 6.48. The fourth-order valence-corrected chi connectivity index (χ4v) is 2.80. The minimum atomic E-state index is -0.697. The molecule has 0 unspecified atom stereocenters. The summed E-state index contributed by atoms with van der Waals surface area (Å²) in [4.78, 5) is 24.6. The van der Waals surface area contributed by atoms with Gasteiger partial charge in [-0.1, -0.05) is 60.7 Å². The van der Waals surface area contributed by atoms with Crippen molar-refractivity contribution in [2.24, 2.45) is 0 Å². The van der Waals surface area contributed by atoms with Crippen LogP contribution in [-0.4, -0.2) is 19.0 Å². The molecule has 3 rings (SSSR count). The fourth-order valence-electron chi connectivity index (χ4n) is 2.80. The molecule has 0 fully saturated rings. The highest BCUT2D eigenvalue weighted by Crippen LogP contribution is 2.34. The van der Waals surface area contributed by atoms with Crippen molar-refractivity contribution < 1.29 is 23.8 Å². The van der Waals surface area contributed by atoms with Crippen LogP contribution < -0.4 is 14.8 Å². The fraction of sp³-hybridized carbons (Fsp3) is 0.120. The van der Waals surface area contributed by atoms with E-state index in [1.165, 1.54) is 19.2 Å². The first-order valence-corrected chi connectivity index (χ1v) is 9.48. The number of benzene rings is 3. The molecule has 3 aromatic carbocycles. The smallest absolute Gasteiger partial charge is 0.340 e. The van der Waals surface area contributed by atoms with Gasteiger partial charge in [0.05, 0.1) is 18.4 Å². The zero-order valence-corrected chi connectivity index (χ0v) is 17.0. The predicted octanol–water partition coefficient (Wildman–Crippen LogP) is 4.20. The van der Waals surface area contributed by atoms with Crippen LogP contribution in [0.1, 0.15) is 21.5 Å². The van der Waals surface area contributed by atoms with Gasteiger partial charge in [0.25, 0.3) is 5.91 Å². The lowest BCUT2D eigenvalue weighted by molar-refractivity contribution is -0.111. The molecule has 0 aromatic heterocycles. The Morgan fingerprint density at radius 3 is 2.10 bits per heavy atom. The monoisotopic (exact) mass is 415 g/mol. The first-order chi connectivity index (χ1) is 15.1. The number of ether oxygens (including phenoxy) is 3. The van der Waals surface area contributed by atoms with Crippen LogP contribution in [0.15, 0.2) is 72.8 Å². The van der Waals surface area contributed by atoms with Gasteiger partial charge in [-0.3, -0.25) is 4.79 Å². The van der Waals surface area contributed by atoms with Crippen LogP contribution in [0.25, 0.3) is 0 Å². The molecule has 0 aliphatic heterocycles. The normalized spacial score (nSPS) is 9.94. The Kier molecular flexibility index (Phi) is 7.28. The van der Waals surface area contributed by atoms with Crippen molar-refractivity contribution in [1.82, 2.24) is 0 Å². The van der Waals surface area contributed by atoms with E-state index < -0.39 is 11.9 Å². The second-order valence-corrected chi connectivity index (χ2v) is 6.48. The number of carbonyl (C=O) groups excluding carboxylic acids is 2. The largest absolute Gasteiger partial charge is 0.493 e. The third-order valence-electron chi connectivity index (χ3n) is 4.35. The molecule has 3 aromatic rings. The number of esters is 1. The number of hydrogen-bond acceptors (Lipinski definition) is 5. The molecule has 0 spiro atoms. The third kappa shape index (κ3) is 5.87. The molecule has 1 N–H and O–H groups in total. The first-order valence-electron chi connectivity index (χ1n) is 9.48. The maximum atomic E-state index is 12.8. The van der Waals surface area contributed by atoms with Crippen molar-refractivity contribution in [3.8, 4) is 23.8 Å². The lowest BCUT2D eigenvalue weighted by atomic mass is 10.1. The Labute approximate surface area is 180 Å². The maximum Gasteiger partial charge on any atom is 0.340 e. The summed E-state index contributed by atoms with van der Waals surface area (Å²) in [7, 11) is 1.46. The molecule has 0 aliphatic carbocycles. The minimum absolute atomic E-state index is 0.0778. The van der Waals surface area contributed by atoms with Crippen molar-refractivity contribution in [2.45, 2.75) is 13.2 Å². The Hall–Kier alpha value is -4.24. The highest BCUT2D eigenvalue weighted by Gasteiger charge is 2.20. The Bertz CT molecular complexity index is 1090. The summed E-state index contributed by atoms with van der Waals surface area (Å²) in [6.45, 7) is 0.347. The van der Waals surface area contributed by atoms with E-state index >= 15 is 0 Å². The zero-order chi connectivity index (χ0) is 22.1. The topological polar surface area (TPSA) is 73.9 Å². The number of nitrogens with one attached hydrogen (secondary N) is 1. The van der Waals surface area contributed by atoms with Gasteiger partial charge in [-0.25, -0.2) is 4.79 Å². The standard InChI is InChI=1S/C25H21NO5/c1-3-24(27)26-21-15-22(29-2)23(30-16-18-10-6-4-7-11-18)14-20(21)25(28)31-17-19-12-8-5-9-13-19/h1,4-15H,16-17H2,2H3,(H,26,27). The van der Waals surface area contributed by atoms with Gasteiger partial charge < -0.3 is 19.5 Å². The summed E-state index contributed by atoms with van der Waals surface area (Å²) >= 11 is 0. The van der Waals surface area contributed by atoms with Gasteiger partial charge in [0.15, 0.2) is 11.5 Å². The van der Waals surface area contributed by atoms with Crippen molar-refractivity contribution in [1.29, 1.82) is 0 Å². The van der Waals surface area contributed by atoms with Gasteiger partial charge in [0.1, 0.15) is 13.2 Å². The number of terminal acetylenes is 1. The number of rotatable bonds is 8. The van der Waals surface area contributed by atoms with Crippen LogP contribution >= 0.6 is 0 Å². The molecule has 0 aliphatic rings. The summed E-state index contributed by atoms with van der Waals surface area (Å²) in [5, 5.41) is 2.50. The van der Waals surface area contributed by atoms with Gasteiger partial charge in [-0.05, 0) is 17.0 Å². The number of amides is 1. The minimum Gasteiger partial charge on any atom is -0.493 e. The SMILES string of the molecule is C#CC(=O)Nc1cc(OC)c(OCc2ccccc2)cc1C(=O)OCc1ccccc1. The molecule has 0 bridgehead atoms. The van der Waals surface area contributed by atoms with Crippen LogP contribution in [-0.2, 0) is 22.7 Å². The van der Waals surface area contributed by atoms with Gasteiger partial charge in [-0.15, -0.1) is 6.42 Å². The van der Waals surface area contributed by atoms with E-state index in [0.29, 0.717) is 11.5 Å². The Morgan fingerprint density at radius 1 is 0.903 bits per heavy atom. The quantitative estimate of drug-likeness (QED) is 0.441. The van der Waals surface area contributed by atoms with Gasteiger partial charge >= 0.3 is 5.97 Å². The number of carbonyl (C=O) groups is 2. The van der Waals surface area contributed by atoms with Crippen LogP contribution in [0.2, 0.25) is 0 Å². The molecule has 1 amide bonds. The lowest BCUT2D eigenvalue weighted by Gasteiger charge is -2.16. The molecule has 0 saturated carbocycles. The van der Waals surface area contributed by atoms with E-state index in [1.54, 1.807) is 0 Å². The van der Waals surface area contributed by atoms with Gasteiger partial charge in [0.2, 0.25) is 0 Å². The van der Waals surface area contributed by atoms with Crippen molar-refractivity contribution in [3.05, 3.63) is 89.5 Å². The summed E-state index contributed by atoms with van der Waals surface area (Å²) < 4.78 is 16.7. The molecule has 6 nitrogen and oxygen atoms in total.